The second kappa shape index (κ2) is 9.21. The number of aromatic nitrogens is 2. The highest BCUT2D eigenvalue weighted by Gasteiger charge is 2.31. The highest BCUT2D eigenvalue weighted by molar-refractivity contribution is 6.36. The van der Waals surface area contributed by atoms with E-state index in [0.29, 0.717) is 22.2 Å². The van der Waals surface area contributed by atoms with Crippen LogP contribution in [-0.4, -0.2) is 16.9 Å². The van der Waals surface area contributed by atoms with E-state index in [-0.39, 0.29) is 5.92 Å². The molecule has 0 saturated carbocycles. The number of methoxy groups -OCH3 is 1. The highest BCUT2D eigenvalue weighted by atomic mass is 35.5. The largest absolute Gasteiger partial charge is 0.501 e. The van der Waals surface area contributed by atoms with E-state index in [1.54, 1.807) is 13.2 Å². The van der Waals surface area contributed by atoms with Crippen molar-refractivity contribution in [1.29, 1.82) is 5.26 Å². The molecule has 7 heteroatoms. The van der Waals surface area contributed by atoms with Gasteiger partial charge in [0.05, 0.1) is 41.8 Å². The van der Waals surface area contributed by atoms with Crippen LogP contribution in [0.3, 0.4) is 0 Å². The average Bonchev–Trinajstić information content (AvgIpc) is 3.21. The molecule has 2 aliphatic rings. The van der Waals surface area contributed by atoms with Gasteiger partial charge in [0.25, 0.3) is 0 Å². The van der Waals surface area contributed by atoms with Crippen molar-refractivity contribution in [2.24, 2.45) is 0 Å². The number of halogens is 2. The Labute approximate surface area is 209 Å². The van der Waals surface area contributed by atoms with E-state index in [2.05, 4.69) is 24.4 Å². The second-order valence-corrected chi connectivity index (χ2v) is 9.56. The predicted molar refractivity (Wildman–Crippen MR) is 137 cm³/mol. The highest BCUT2D eigenvalue weighted by Crippen LogP contribution is 2.46. The molecule has 5 nitrogen and oxygen atoms in total. The third-order valence-electron chi connectivity index (χ3n) is 6.52. The number of anilines is 1. The SMILES string of the molecule is COC1=CCCC(c2nn3c(c2-c2ccc(Cl)cc2Cl)NC(c2ccc(C#N)cc2)=C(C)C3)C1. The van der Waals surface area contributed by atoms with Gasteiger partial charge >= 0.3 is 0 Å². The topological polar surface area (TPSA) is 62.9 Å². The lowest BCUT2D eigenvalue weighted by Gasteiger charge is -2.24. The van der Waals surface area contributed by atoms with Crippen LogP contribution in [0.4, 0.5) is 5.82 Å². The van der Waals surface area contributed by atoms with Crippen LogP contribution >= 0.6 is 23.2 Å². The van der Waals surface area contributed by atoms with Crippen LogP contribution in [0.5, 0.6) is 0 Å². The van der Waals surface area contributed by atoms with Gasteiger partial charge in [-0.15, -0.1) is 0 Å². The van der Waals surface area contributed by atoms with E-state index < -0.39 is 0 Å². The molecule has 5 rings (SSSR count). The van der Waals surface area contributed by atoms with Gasteiger partial charge in [-0.05, 0) is 61.2 Å². The molecule has 0 saturated heterocycles. The number of allylic oxidation sites excluding steroid dienone is 3. The summed E-state index contributed by atoms with van der Waals surface area (Å²) in [5.41, 5.74) is 6.78. The van der Waals surface area contributed by atoms with Crippen molar-refractivity contribution in [1.82, 2.24) is 9.78 Å². The fourth-order valence-corrected chi connectivity index (χ4v) is 5.30. The van der Waals surface area contributed by atoms with E-state index in [9.17, 15) is 0 Å². The molecule has 0 spiro atoms. The first kappa shape index (κ1) is 22.6. The predicted octanol–water partition coefficient (Wildman–Crippen LogP) is 7.38. The molecular formula is C27H24Cl2N4O. The minimum Gasteiger partial charge on any atom is -0.501 e. The lowest BCUT2D eigenvalue weighted by molar-refractivity contribution is 0.258. The summed E-state index contributed by atoms with van der Waals surface area (Å²) in [6.45, 7) is 2.77. The molecule has 34 heavy (non-hydrogen) atoms. The first-order valence-corrected chi connectivity index (χ1v) is 12.0. The van der Waals surface area contributed by atoms with Gasteiger partial charge in [0, 0.05) is 34.2 Å². The second-order valence-electron chi connectivity index (χ2n) is 8.71. The van der Waals surface area contributed by atoms with Gasteiger partial charge in [-0.3, -0.25) is 0 Å². The average molecular weight is 491 g/mol. The quantitative estimate of drug-likeness (QED) is 0.414. The standard InChI is InChI=1S/C27H24Cl2N4O/c1-16-15-33-27(31-25(16)18-8-6-17(14-30)7-9-18)24(22-11-10-20(28)13-23(22)29)26(32-33)19-4-3-5-21(12-19)34-2/h5-11,13,19,31H,3-4,12,15H2,1-2H3. The summed E-state index contributed by atoms with van der Waals surface area (Å²) in [6.07, 6.45) is 4.91. The van der Waals surface area contributed by atoms with E-state index in [4.69, 9.17) is 38.3 Å². The minimum absolute atomic E-state index is 0.222. The van der Waals surface area contributed by atoms with Gasteiger partial charge in [-0.25, -0.2) is 4.68 Å². The zero-order valence-corrected chi connectivity index (χ0v) is 20.5. The fraction of sp³-hybridized carbons (Fsp3) is 0.259. The lowest BCUT2D eigenvalue weighted by Crippen LogP contribution is -2.17. The lowest BCUT2D eigenvalue weighted by atomic mass is 9.86. The van der Waals surface area contributed by atoms with Crippen molar-refractivity contribution >= 4 is 34.7 Å². The van der Waals surface area contributed by atoms with Crippen LogP contribution in [-0.2, 0) is 11.3 Å². The van der Waals surface area contributed by atoms with Crippen LogP contribution in [0.15, 0.2) is 59.9 Å². The van der Waals surface area contributed by atoms with Gasteiger partial charge in [0.1, 0.15) is 5.82 Å². The van der Waals surface area contributed by atoms with Crippen molar-refractivity contribution in [2.75, 3.05) is 12.4 Å². The number of hydrogen-bond acceptors (Lipinski definition) is 4. The van der Waals surface area contributed by atoms with Gasteiger partial charge in [0.2, 0.25) is 0 Å². The molecule has 0 radical (unpaired) electrons. The molecule has 1 unspecified atom stereocenters. The van der Waals surface area contributed by atoms with E-state index >= 15 is 0 Å². The van der Waals surface area contributed by atoms with Crippen LogP contribution in [0.1, 0.15) is 48.9 Å². The number of nitriles is 1. The molecule has 1 aromatic heterocycles. The summed E-state index contributed by atoms with van der Waals surface area (Å²) in [4.78, 5) is 0. The van der Waals surface area contributed by atoms with Crippen molar-refractivity contribution in [3.05, 3.63) is 86.7 Å². The van der Waals surface area contributed by atoms with Crippen LogP contribution in [0.2, 0.25) is 10.0 Å². The summed E-state index contributed by atoms with van der Waals surface area (Å²) in [7, 11) is 1.72. The van der Waals surface area contributed by atoms with E-state index in [1.165, 1.54) is 5.57 Å². The Morgan fingerprint density at radius 3 is 2.68 bits per heavy atom. The number of nitrogens with one attached hydrogen (secondary N) is 1. The smallest absolute Gasteiger partial charge is 0.137 e. The molecule has 1 N–H and O–H groups in total. The van der Waals surface area contributed by atoms with Gasteiger partial charge < -0.3 is 10.1 Å². The van der Waals surface area contributed by atoms with Gasteiger partial charge in [0.15, 0.2) is 0 Å². The third-order valence-corrected chi connectivity index (χ3v) is 7.07. The molecule has 0 fully saturated rings. The maximum absolute atomic E-state index is 9.17. The Morgan fingerprint density at radius 1 is 1.18 bits per heavy atom. The molecule has 3 aromatic rings. The molecule has 172 valence electrons. The van der Waals surface area contributed by atoms with E-state index in [1.807, 2.05) is 41.1 Å². The fourth-order valence-electron chi connectivity index (χ4n) is 4.80. The number of fused-ring (bicyclic) bond motifs is 1. The third kappa shape index (κ3) is 4.09. The molecule has 1 atom stereocenters. The molecule has 0 amide bonds. The van der Waals surface area contributed by atoms with E-state index in [0.717, 1.165) is 58.9 Å². The summed E-state index contributed by atoms with van der Waals surface area (Å²) >= 11 is 12.9. The zero-order valence-electron chi connectivity index (χ0n) is 19.0. The normalized spacial score (nSPS) is 17.5. The summed E-state index contributed by atoms with van der Waals surface area (Å²) < 4.78 is 7.61. The molecule has 2 heterocycles. The Kier molecular flexibility index (Phi) is 6.12. The van der Waals surface area contributed by atoms with Gasteiger partial charge in [-0.2, -0.15) is 10.4 Å². The summed E-state index contributed by atoms with van der Waals surface area (Å²) in [5.74, 6) is 2.13. The number of rotatable bonds is 4. The molecule has 1 aliphatic carbocycles. The van der Waals surface area contributed by atoms with Crippen molar-refractivity contribution in [3.8, 4) is 17.2 Å². The maximum Gasteiger partial charge on any atom is 0.137 e. The first-order chi connectivity index (χ1) is 16.5. The van der Waals surface area contributed by atoms with Crippen LogP contribution < -0.4 is 5.32 Å². The van der Waals surface area contributed by atoms with Crippen molar-refractivity contribution in [3.63, 3.8) is 0 Å². The molecule has 0 bridgehead atoms. The summed E-state index contributed by atoms with van der Waals surface area (Å²) in [5, 5.41) is 19.1. The molecular weight excluding hydrogens is 467 g/mol. The number of ether oxygens (including phenoxy) is 1. The number of nitrogens with zero attached hydrogens (tertiary/aromatic N) is 3. The van der Waals surface area contributed by atoms with Crippen molar-refractivity contribution < 1.29 is 4.74 Å². The Balaban J connectivity index is 1.63. The van der Waals surface area contributed by atoms with Crippen molar-refractivity contribution in [2.45, 2.75) is 38.6 Å². The van der Waals surface area contributed by atoms with Crippen LogP contribution in [0.25, 0.3) is 16.8 Å². The minimum atomic E-state index is 0.222. The van der Waals surface area contributed by atoms with Gasteiger partial charge in [-0.1, -0.05) is 41.4 Å². The molecule has 2 aromatic carbocycles. The maximum atomic E-state index is 9.17. The monoisotopic (exact) mass is 490 g/mol. The molecule has 1 aliphatic heterocycles. The Hall–Kier alpha value is -3.20. The first-order valence-electron chi connectivity index (χ1n) is 11.2. The zero-order chi connectivity index (χ0) is 23.8. The Bertz CT molecular complexity index is 1360. The summed E-state index contributed by atoms with van der Waals surface area (Å²) in [6, 6.07) is 15.4. The van der Waals surface area contributed by atoms with Crippen LogP contribution in [0, 0.1) is 11.3 Å². The number of hydrogen-bond donors (Lipinski definition) is 1. The number of benzene rings is 2. The Morgan fingerprint density at radius 2 is 1.97 bits per heavy atom.